The van der Waals surface area contributed by atoms with Crippen LogP contribution in [0, 0.1) is 0 Å². The molecule has 0 aliphatic carbocycles. The van der Waals surface area contributed by atoms with Gasteiger partial charge in [0.15, 0.2) is 8.32 Å². The fourth-order valence-corrected chi connectivity index (χ4v) is 8.37. The minimum Gasteiger partial charge on any atom is -0.460 e. The molecule has 0 heterocycles. The highest BCUT2D eigenvalue weighted by Gasteiger charge is 2.27. The zero-order valence-electron chi connectivity index (χ0n) is 10.2. The second-order valence-corrected chi connectivity index (χ2v) is 10.5. The van der Waals surface area contributed by atoms with E-state index in [1.54, 1.807) is 6.08 Å². The Morgan fingerprint density at radius 1 is 1.27 bits per heavy atom. The summed E-state index contributed by atoms with van der Waals surface area (Å²) in [7, 11) is -1.71. The van der Waals surface area contributed by atoms with Crippen molar-refractivity contribution in [1.82, 2.24) is 0 Å². The van der Waals surface area contributed by atoms with Crippen LogP contribution in [0.5, 0.6) is 0 Å². The maximum absolute atomic E-state index is 9.83. The molecule has 0 spiro atoms. The normalized spacial score (nSPS) is 11.9. The number of nitrogens with zero attached hydrogens (tertiary/aromatic N) is 1. The number of rotatable bonds is 9. The molecule has 0 bridgehead atoms. The molecule has 0 saturated heterocycles. The predicted octanol–water partition coefficient (Wildman–Crippen LogP) is 2.24. The van der Waals surface area contributed by atoms with Gasteiger partial charge < -0.3 is 4.12 Å². The average Bonchev–Trinajstić information content (AvgIpc) is 2.29. The summed E-state index contributed by atoms with van der Waals surface area (Å²) in [5.74, 6) is 0. The molecule has 0 N–H and O–H groups in total. The molecule has 0 fully saturated rings. The molecule has 0 unspecified atom stereocenters. The van der Waals surface area contributed by atoms with Crippen molar-refractivity contribution in [3.05, 3.63) is 0 Å². The van der Waals surface area contributed by atoms with Gasteiger partial charge in [0.05, 0.1) is 6.54 Å². The molecule has 0 aromatic carbocycles. The Balaban J connectivity index is 3.66. The fourth-order valence-electron chi connectivity index (χ4n) is 1.68. The van der Waals surface area contributed by atoms with E-state index in [9.17, 15) is 4.79 Å². The van der Waals surface area contributed by atoms with Crippen LogP contribution in [0.1, 0.15) is 27.2 Å². The summed E-state index contributed by atoms with van der Waals surface area (Å²) < 4.78 is 6.20. The highest BCUT2D eigenvalue weighted by molar-refractivity contribution is 6.77. The third kappa shape index (κ3) is 6.04. The molecule has 15 heavy (non-hydrogen) atoms. The maximum Gasteiger partial charge on any atom is 0.234 e. The number of hydrogen-bond donors (Lipinski definition) is 0. The van der Waals surface area contributed by atoms with E-state index in [1.165, 1.54) is 18.1 Å². The average molecular weight is 245 g/mol. The van der Waals surface area contributed by atoms with Crippen LogP contribution in [0.4, 0.5) is 0 Å². The van der Waals surface area contributed by atoms with Gasteiger partial charge in [0.1, 0.15) is 9.76 Å². The van der Waals surface area contributed by atoms with Gasteiger partial charge in [0, 0.05) is 0 Å². The van der Waals surface area contributed by atoms with Gasteiger partial charge >= 0.3 is 0 Å². The third-order valence-electron chi connectivity index (χ3n) is 3.07. The largest absolute Gasteiger partial charge is 0.460 e. The Hall–Kier alpha value is -0.226. The number of carbonyl (C=O) groups excluding carboxylic acids is 1. The smallest absolute Gasteiger partial charge is 0.234 e. The maximum atomic E-state index is 9.83. The zero-order valence-corrected chi connectivity index (χ0v) is 12.6. The molecule has 5 heteroatoms. The molecule has 0 rings (SSSR count). The van der Waals surface area contributed by atoms with Crippen molar-refractivity contribution in [2.45, 2.75) is 51.4 Å². The van der Waals surface area contributed by atoms with Crippen LogP contribution < -0.4 is 0 Å². The van der Waals surface area contributed by atoms with Gasteiger partial charge in [-0.25, -0.2) is 9.79 Å². The molecule has 0 aliphatic heterocycles. The monoisotopic (exact) mass is 245 g/mol. The first-order valence-electron chi connectivity index (χ1n) is 5.92. The van der Waals surface area contributed by atoms with Crippen molar-refractivity contribution in [1.29, 1.82) is 0 Å². The van der Waals surface area contributed by atoms with Gasteiger partial charge in [-0.1, -0.05) is 20.8 Å². The lowest BCUT2D eigenvalue weighted by Gasteiger charge is -2.28. The summed E-state index contributed by atoms with van der Waals surface area (Å²) in [6.45, 7) is 7.39. The van der Waals surface area contributed by atoms with Crippen LogP contribution in [0.2, 0.25) is 24.2 Å². The van der Waals surface area contributed by atoms with Crippen molar-refractivity contribution in [3.63, 3.8) is 0 Å². The van der Waals surface area contributed by atoms with Crippen molar-refractivity contribution >= 4 is 24.2 Å². The van der Waals surface area contributed by atoms with Crippen LogP contribution in [-0.4, -0.2) is 30.7 Å². The van der Waals surface area contributed by atoms with Crippen molar-refractivity contribution in [3.8, 4) is 0 Å². The van der Waals surface area contributed by atoms with E-state index < -0.39 is 8.32 Å². The van der Waals surface area contributed by atoms with Crippen molar-refractivity contribution in [2.24, 2.45) is 4.99 Å². The van der Waals surface area contributed by atoms with Gasteiger partial charge in [-0.15, -0.1) is 0 Å². The van der Waals surface area contributed by atoms with Crippen molar-refractivity contribution < 1.29 is 8.91 Å². The Morgan fingerprint density at radius 2 is 1.87 bits per heavy atom. The van der Waals surface area contributed by atoms with Gasteiger partial charge in [0.2, 0.25) is 6.08 Å². The SMILES string of the molecule is CC[Si](CC)(CC)O[SiH2]CCCN=C=O. The summed E-state index contributed by atoms with van der Waals surface area (Å²) in [6.07, 6.45) is 2.56. The van der Waals surface area contributed by atoms with Crippen LogP contribution in [0.3, 0.4) is 0 Å². The molecular formula is C10H23NO2Si2. The molecule has 0 aromatic heterocycles. The van der Waals surface area contributed by atoms with Crippen LogP contribution >= 0.6 is 0 Å². The van der Waals surface area contributed by atoms with Gasteiger partial charge in [-0.05, 0) is 30.6 Å². The first-order chi connectivity index (χ1) is 7.24. The summed E-state index contributed by atoms with van der Waals surface area (Å²) >= 11 is 0. The number of aliphatic imine (C=N–C) groups is 1. The first-order valence-corrected chi connectivity index (χ1v) is 10.0. The van der Waals surface area contributed by atoms with Crippen molar-refractivity contribution in [2.75, 3.05) is 6.54 Å². The minimum absolute atomic E-state index is 0.382. The summed E-state index contributed by atoms with van der Waals surface area (Å²) in [5.41, 5.74) is 0. The summed E-state index contributed by atoms with van der Waals surface area (Å²) in [4.78, 5) is 13.4. The number of hydrogen-bond acceptors (Lipinski definition) is 3. The summed E-state index contributed by atoms with van der Waals surface area (Å²) in [5, 5.41) is 0. The predicted molar refractivity (Wildman–Crippen MR) is 69.2 cm³/mol. The first kappa shape index (κ1) is 14.8. The van der Waals surface area contributed by atoms with Crippen LogP contribution in [0.15, 0.2) is 4.99 Å². The molecule has 0 saturated carbocycles. The zero-order chi connectivity index (χ0) is 11.6. The lowest BCUT2D eigenvalue weighted by molar-refractivity contribution is 0.558. The Labute approximate surface area is 96.4 Å². The summed E-state index contributed by atoms with van der Waals surface area (Å²) in [6, 6.07) is 4.85. The van der Waals surface area contributed by atoms with E-state index >= 15 is 0 Å². The van der Waals surface area contributed by atoms with E-state index in [0.717, 1.165) is 12.5 Å². The fraction of sp³-hybridized carbons (Fsp3) is 0.900. The van der Waals surface area contributed by atoms with E-state index in [-0.39, 0.29) is 9.76 Å². The number of isocyanates is 1. The molecular weight excluding hydrogens is 222 g/mol. The van der Waals surface area contributed by atoms with Gasteiger partial charge in [-0.3, -0.25) is 0 Å². The van der Waals surface area contributed by atoms with Gasteiger partial charge in [-0.2, -0.15) is 0 Å². The Kier molecular flexibility index (Phi) is 8.90. The van der Waals surface area contributed by atoms with Crippen LogP contribution in [0.25, 0.3) is 0 Å². The molecule has 0 atom stereocenters. The van der Waals surface area contributed by atoms with Crippen LogP contribution in [-0.2, 0) is 8.91 Å². The third-order valence-corrected chi connectivity index (χ3v) is 11.0. The molecule has 0 aliphatic rings. The highest BCUT2D eigenvalue weighted by Crippen LogP contribution is 2.21. The lowest BCUT2D eigenvalue weighted by Crippen LogP contribution is -2.37. The Bertz CT molecular complexity index is 193. The van der Waals surface area contributed by atoms with Gasteiger partial charge in [0.25, 0.3) is 0 Å². The Morgan fingerprint density at radius 3 is 2.33 bits per heavy atom. The highest BCUT2D eigenvalue weighted by atomic mass is 28.4. The minimum atomic E-state index is -1.33. The standard InChI is InChI=1S/C10H23NO2Si2/c1-4-15(5-2,6-3)13-14-9-7-8-11-10-12/h4-9,14H2,1-3H3. The quantitative estimate of drug-likeness (QED) is 0.270. The van der Waals surface area contributed by atoms with E-state index in [0.29, 0.717) is 6.54 Å². The van der Waals surface area contributed by atoms with E-state index in [4.69, 9.17) is 4.12 Å². The van der Waals surface area contributed by atoms with E-state index in [2.05, 4.69) is 25.8 Å². The molecule has 3 nitrogen and oxygen atoms in total. The lowest BCUT2D eigenvalue weighted by atomic mass is 10.5. The molecule has 0 amide bonds. The van der Waals surface area contributed by atoms with E-state index in [1.807, 2.05) is 0 Å². The second-order valence-electron chi connectivity index (χ2n) is 3.77. The second kappa shape index (κ2) is 9.03. The topological polar surface area (TPSA) is 38.7 Å². The molecule has 88 valence electrons. The molecule has 0 radical (unpaired) electrons. The molecule has 0 aromatic rings.